The van der Waals surface area contributed by atoms with Crippen LogP contribution in [0.4, 0.5) is 0 Å². The van der Waals surface area contributed by atoms with Crippen LogP contribution in [-0.2, 0) is 16.8 Å². The number of likely N-dealkylation sites (tertiary alicyclic amines) is 1. The summed E-state index contributed by atoms with van der Waals surface area (Å²) >= 11 is 0. The highest BCUT2D eigenvalue weighted by atomic mass is 16.2. The number of hydrogen-bond donors (Lipinski definition) is 0. The van der Waals surface area contributed by atoms with Gasteiger partial charge in [-0.1, -0.05) is 12.1 Å². The summed E-state index contributed by atoms with van der Waals surface area (Å²) < 4.78 is 1.90. The molecule has 0 bridgehead atoms. The average Bonchev–Trinajstić information content (AvgIpc) is 3.57. The van der Waals surface area contributed by atoms with Crippen molar-refractivity contribution in [2.45, 2.75) is 44.2 Å². The van der Waals surface area contributed by atoms with Crippen LogP contribution in [0.1, 0.15) is 37.3 Å². The number of nitrogens with zero attached hydrogens (tertiary/aromatic N) is 9. The Hall–Kier alpha value is -4.39. The number of pyridine rings is 1. The van der Waals surface area contributed by atoms with Gasteiger partial charge in [0.25, 0.3) is 0 Å². The van der Waals surface area contributed by atoms with E-state index in [1.54, 1.807) is 25.5 Å². The Bertz CT molecular complexity index is 1490. The number of benzene rings is 1. The van der Waals surface area contributed by atoms with Gasteiger partial charge in [-0.05, 0) is 43.0 Å². The van der Waals surface area contributed by atoms with E-state index in [0.717, 1.165) is 22.9 Å². The molecule has 6 rings (SSSR count). The quantitative estimate of drug-likeness (QED) is 0.542. The maximum Gasteiger partial charge on any atom is 0.241 e. The highest BCUT2D eigenvalue weighted by molar-refractivity contribution is 6.40. The fourth-order valence-corrected chi connectivity index (χ4v) is 5.38. The summed E-state index contributed by atoms with van der Waals surface area (Å²) in [6.45, 7) is 3.46. The molecule has 1 atom stereocenters. The van der Waals surface area contributed by atoms with Crippen molar-refractivity contribution in [1.82, 2.24) is 24.7 Å². The Morgan fingerprint density at radius 3 is 2.92 bits per heavy atom. The van der Waals surface area contributed by atoms with Crippen LogP contribution in [0.25, 0.3) is 10.9 Å². The standard InChI is InChI=1S/C27H27N9O/c1-19(37)34-11-7-27(6-9-28,8-12-34)35-18-22(15-32-35)25-17-31-26-30-16-23(36(26)33-25)14-20-4-5-24-21(13-20)3-2-10-29-24/h2-5,10,13,15,17-18,23H,6-8,11-12,14,16H2,1H3. The predicted molar refractivity (Wildman–Crippen MR) is 140 cm³/mol. The maximum atomic E-state index is 11.8. The number of aromatic nitrogens is 3. The number of hydrogen-bond acceptors (Lipinski definition) is 8. The second kappa shape index (κ2) is 9.24. The Balaban J connectivity index is 1.22. The number of hydrazone groups is 1. The Morgan fingerprint density at radius 2 is 2.11 bits per heavy atom. The first kappa shape index (κ1) is 23.0. The lowest BCUT2D eigenvalue weighted by Gasteiger charge is -2.40. The number of amides is 1. The third kappa shape index (κ3) is 4.27. The van der Waals surface area contributed by atoms with Gasteiger partial charge in [-0.2, -0.15) is 15.5 Å². The molecule has 10 nitrogen and oxygen atoms in total. The van der Waals surface area contributed by atoms with Crippen molar-refractivity contribution in [2.75, 3.05) is 19.6 Å². The van der Waals surface area contributed by atoms with Gasteiger partial charge in [0.1, 0.15) is 5.71 Å². The molecule has 1 amide bonds. The molecule has 1 aromatic carbocycles. The van der Waals surface area contributed by atoms with Gasteiger partial charge in [0.05, 0.1) is 48.5 Å². The molecule has 0 N–H and O–H groups in total. The molecule has 1 unspecified atom stereocenters. The zero-order valence-corrected chi connectivity index (χ0v) is 20.7. The topological polar surface area (TPSA) is 115 Å². The van der Waals surface area contributed by atoms with E-state index in [9.17, 15) is 10.1 Å². The first-order valence-corrected chi connectivity index (χ1v) is 12.5. The average molecular weight is 494 g/mol. The summed E-state index contributed by atoms with van der Waals surface area (Å²) in [7, 11) is 0. The summed E-state index contributed by atoms with van der Waals surface area (Å²) in [5.41, 5.74) is 3.32. The van der Waals surface area contributed by atoms with E-state index >= 15 is 0 Å². The van der Waals surface area contributed by atoms with Gasteiger partial charge in [0, 0.05) is 43.4 Å². The van der Waals surface area contributed by atoms with Crippen molar-refractivity contribution >= 4 is 34.7 Å². The molecule has 1 saturated heterocycles. The summed E-state index contributed by atoms with van der Waals surface area (Å²) in [5.74, 6) is 0.693. The minimum absolute atomic E-state index is 0.0671. The summed E-state index contributed by atoms with van der Waals surface area (Å²) in [4.78, 5) is 27.2. The van der Waals surface area contributed by atoms with Crippen LogP contribution in [0.5, 0.6) is 0 Å². The number of fused-ring (bicyclic) bond motifs is 2. The molecule has 5 heterocycles. The third-order valence-electron chi connectivity index (χ3n) is 7.56. The highest BCUT2D eigenvalue weighted by Gasteiger charge is 2.38. The molecule has 1 fully saturated rings. The first-order valence-electron chi connectivity index (χ1n) is 12.5. The van der Waals surface area contributed by atoms with Crippen LogP contribution >= 0.6 is 0 Å². The van der Waals surface area contributed by atoms with Crippen molar-refractivity contribution in [2.24, 2.45) is 15.1 Å². The maximum absolute atomic E-state index is 11.8. The number of aliphatic imine (C=N–C) groups is 2. The number of piperidine rings is 1. The van der Waals surface area contributed by atoms with Crippen LogP contribution in [0.15, 0.2) is 64.0 Å². The van der Waals surface area contributed by atoms with Crippen molar-refractivity contribution in [3.8, 4) is 6.07 Å². The molecule has 37 heavy (non-hydrogen) atoms. The Labute approximate surface area is 214 Å². The molecule has 10 heteroatoms. The second-order valence-electron chi connectivity index (χ2n) is 9.86. The van der Waals surface area contributed by atoms with Crippen molar-refractivity contribution in [1.29, 1.82) is 5.26 Å². The summed E-state index contributed by atoms with van der Waals surface area (Å²) in [6.07, 6.45) is 9.78. The normalized spacial score (nSPS) is 20.4. The predicted octanol–water partition coefficient (Wildman–Crippen LogP) is 2.75. The molecule has 3 aromatic rings. The summed E-state index contributed by atoms with van der Waals surface area (Å²) in [5, 5.41) is 22.1. The van der Waals surface area contributed by atoms with Gasteiger partial charge >= 0.3 is 0 Å². The molecular formula is C27H27N9O. The van der Waals surface area contributed by atoms with E-state index in [2.05, 4.69) is 50.4 Å². The summed E-state index contributed by atoms with van der Waals surface area (Å²) in [6, 6.07) is 12.8. The van der Waals surface area contributed by atoms with Crippen LogP contribution in [-0.4, -0.2) is 74.1 Å². The lowest BCUT2D eigenvalue weighted by molar-refractivity contribution is -0.131. The molecule has 3 aliphatic rings. The molecule has 3 aliphatic heterocycles. The van der Waals surface area contributed by atoms with Gasteiger partial charge in [0.2, 0.25) is 11.9 Å². The van der Waals surface area contributed by atoms with Crippen molar-refractivity contribution in [3.05, 3.63) is 60.0 Å². The minimum Gasteiger partial charge on any atom is -0.343 e. The number of rotatable bonds is 5. The van der Waals surface area contributed by atoms with E-state index in [-0.39, 0.29) is 11.9 Å². The molecule has 2 aromatic heterocycles. The number of carbonyl (C=O) groups is 1. The Kier molecular flexibility index (Phi) is 5.75. The molecule has 0 aliphatic carbocycles. The van der Waals surface area contributed by atoms with Crippen LogP contribution < -0.4 is 0 Å². The highest BCUT2D eigenvalue weighted by Crippen LogP contribution is 2.33. The fraction of sp³-hybridized carbons (Fsp3) is 0.370. The van der Waals surface area contributed by atoms with Crippen LogP contribution in [0, 0.1) is 11.3 Å². The van der Waals surface area contributed by atoms with Crippen LogP contribution in [0.2, 0.25) is 0 Å². The van der Waals surface area contributed by atoms with E-state index in [0.29, 0.717) is 50.6 Å². The molecular weight excluding hydrogens is 466 g/mol. The third-order valence-corrected chi connectivity index (χ3v) is 7.56. The van der Waals surface area contributed by atoms with E-state index in [1.807, 2.05) is 26.9 Å². The van der Waals surface area contributed by atoms with E-state index < -0.39 is 5.54 Å². The second-order valence-corrected chi connectivity index (χ2v) is 9.86. The number of nitriles is 1. The monoisotopic (exact) mass is 493 g/mol. The molecule has 186 valence electrons. The van der Waals surface area contributed by atoms with E-state index in [1.165, 1.54) is 5.56 Å². The van der Waals surface area contributed by atoms with Crippen molar-refractivity contribution < 1.29 is 4.79 Å². The number of guanidine groups is 1. The zero-order valence-electron chi connectivity index (χ0n) is 20.7. The van der Waals surface area contributed by atoms with Gasteiger partial charge < -0.3 is 4.90 Å². The lowest BCUT2D eigenvalue weighted by Crippen LogP contribution is -2.47. The largest absolute Gasteiger partial charge is 0.343 e. The van der Waals surface area contributed by atoms with Gasteiger partial charge in [-0.15, -0.1) is 0 Å². The number of carbonyl (C=O) groups excluding carboxylic acids is 1. The molecule has 0 spiro atoms. The smallest absolute Gasteiger partial charge is 0.241 e. The molecule has 0 radical (unpaired) electrons. The zero-order chi connectivity index (χ0) is 25.4. The van der Waals surface area contributed by atoms with Crippen molar-refractivity contribution in [3.63, 3.8) is 0 Å². The Morgan fingerprint density at radius 1 is 1.24 bits per heavy atom. The molecule has 0 saturated carbocycles. The van der Waals surface area contributed by atoms with Gasteiger partial charge in [0.15, 0.2) is 0 Å². The van der Waals surface area contributed by atoms with Crippen LogP contribution in [0.3, 0.4) is 0 Å². The lowest BCUT2D eigenvalue weighted by atomic mass is 9.85. The first-order chi connectivity index (χ1) is 18.0. The minimum atomic E-state index is -0.431. The fourth-order valence-electron chi connectivity index (χ4n) is 5.38. The SMILES string of the molecule is CC(=O)N1CCC(CC#N)(n2cc(C3=NN4C(=NCC4Cc4ccc5ncccc5c4)N=C3)cn2)CC1. The van der Waals surface area contributed by atoms with Gasteiger partial charge in [-0.3, -0.25) is 14.5 Å². The van der Waals surface area contributed by atoms with E-state index in [4.69, 9.17) is 5.10 Å². The van der Waals surface area contributed by atoms with Gasteiger partial charge in [-0.25, -0.2) is 15.0 Å².